The van der Waals surface area contributed by atoms with Crippen molar-refractivity contribution < 1.29 is 19.1 Å². The predicted molar refractivity (Wildman–Crippen MR) is 104 cm³/mol. The predicted octanol–water partition coefficient (Wildman–Crippen LogP) is 3.92. The van der Waals surface area contributed by atoms with E-state index in [9.17, 15) is 9.59 Å². The quantitative estimate of drug-likeness (QED) is 0.298. The summed E-state index contributed by atoms with van der Waals surface area (Å²) in [6.07, 6.45) is 0.0505. The summed E-state index contributed by atoms with van der Waals surface area (Å²) in [6.45, 7) is -0.421. The third kappa shape index (κ3) is 7.62. The fraction of sp³-hybridized carbons (Fsp3) is 0.250. The summed E-state index contributed by atoms with van der Waals surface area (Å²) in [7, 11) is 0. The Labute approximate surface area is 167 Å². The van der Waals surface area contributed by atoms with Crippen LogP contribution in [0.2, 0.25) is 0 Å². The fourth-order valence-electron chi connectivity index (χ4n) is 2.45. The van der Waals surface area contributed by atoms with Crippen LogP contribution in [0.5, 0.6) is 0 Å². The van der Waals surface area contributed by atoms with Crippen molar-refractivity contribution in [2.75, 3.05) is 6.61 Å². The van der Waals surface area contributed by atoms with Crippen LogP contribution < -0.4 is 5.32 Å². The number of nitrogens with zero attached hydrogens (tertiary/aromatic N) is 4. The number of ether oxygens (including phenoxy) is 2. The molecule has 0 bridgehead atoms. The maximum Gasteiger partial charge on any atom is 0.408 e. The van der Waals surface area contributed by atoms with Crippen molar-refractivity contribution in [3.8, 4) is 6.07 Å². The van der Waals surface area contributed by atoms with Gasteiger partial charge >= 0.3 is 12.1 Å². The molecule has 0 aliphatic rings. The molecule has 9 nitrogen and oxygen atoms in total. The summed E-state index contributed by atoms with van der Waals surface area (Å²) in [4.78, 5) is 26.9. The van der Waals surface area contributed by atoms with Crippen LogP contribution in [-0.2, 0) is 27.3 Å². The maximum atomic E-state index is 12.1. The average molecular weight is 393 g/mol. The summed E-state index contributed by atoms with van der Waals surface area (Å²) >= 11 is 0. The van der Waals surface area contributed by atoms with Crippen molar-refractivity contribution >= 4 is 17.7 Å². The van der Waals surface area contributed by atoms with Crippen molar-refractivity contribution in [2.24, 2.45) is 5.11 Å². The van der Waals surface area contributed by atoms with Crippen LogP contribution in [-0.4, -0.2) is 24.7 Å². The smallest absolute Gasteiger partial charge is 0.408 e. The van der Waals surface area contributed by atoms with E-state index in [0.29, 0.717) is 24.1 Å². The van der Waals surface area contributed by atoms with Crippen LogP contribution in [0, 0.1) is 11.3 Å². The number of aryl methyl sites for hydroxylation is 1. The van der Waals surface area contributed by atoms with Gasteiger partial charge in [0.1, 0.15) is 18.7 Å². The van der Waals surface area contributed by atoms with E-state index in [1.165, 1.54) is 0 Å². The van der Waals surface area contributed by atoms with Gasteiger partial charge < -0.3 is 14.8 Å². The lowest BCUT2D eigenvalue weighted by Crippen LogP contribution is -2.42. The molecule has 2 aromatic carbocycles. The molecule has 0 saturated heterocycles. The molecule has 1 unspecified atom stereocenters. The Morgan fingerprint density at radius 2 is 1.83 bits per heavy atom. The van der Waals surface area contributed by atoms with Crippen molar-refractivity contribution in [2.45, 2.75) is 25.5 Å². The van der Waals surface area contributed by atoms with E-state index in [0.717, 1.165) is 5.56 Å². The number of esters is 1. The molecule has 0 fully saturated rings. The Bertz CT molecular complexity index is 903. The minimum Gasteiger partial charge on any atom is -0.449 e. The SMILES string of the molecule is N#CCOC(=O)C(CCc1ccccc1)NC(=O)OCc1ccc(N=[N+]=[N-])cc1. The van der Waals surface area contributed by atoms with Crippen molar-refractivity contribution in [3.05, 3.63) is 76.2 Å². The Morgan fingerprint density at radius 3 is 2.48 bits per heavy atom. The first-order valence-corrected chi connectivity index (χ1v) is 8.77. The standard InChI is InChI=1S/C20H19N5O4/c21-12-13-28-19(26)18(11-8-15-4-2-1-3-5-15)23-20(27)29-14-16-6-9-17(10-7-16)24-25-22/h1-7,9-10,18H,8,11,13-14H2,(H,23,27). The number of nitrogens with one attached hydrogen (secondary N) is 1. The van der Waals surface area contributed by atoms with Gasteiger partial charge in [-0.2, -0.15) is 5.26 Å². The highest BCUT2D eigenvalue weighted by molar-refractivity contribution is 5.81. The summed E-state index contributed by atoms with van der Waals surface area (Å²) in [5.74, 6) is -0.696. The van der Waals surface area contributed by atoms with Gasteiger partial charge in [0.05, 0.1) is 0 Å². The Morgan fingerprint density at radius 1 is 1.10 bits per heavy atom. The van der Waals surface area contributed by atoms with Gasteiger partial charge in [-0.15, -0.1) is 0 Å². The fourth-order valence-corrected chi connectivity index (χ4v) is 2.45. The average Bonchev–Trinajstić information content (AvgIpc) is 2.75. The number of rotatable bonds is 9. The van der Waals surface area contributed by atoms with Crippen molar-refractivity contribution in [1.82, 2.24) is 5.32 Å². The first kappa shape index (κ1) is 21.3. The van der Waals surface area contributed by atoms with E-state index in [2.05, 4.69) is 15.3 Å². The molecular weight excluding hydrogens is 374 g/mol. The van der Waals surface area contributed by atoms with E-state index in [4.69, 9.17) is 20.3 Å². The van der Waals surface area contributed by atoms with Crippen LogP contribution in [0.25, 0.3) is 10.4 Å². The molecule has 148 valence electrons. The highest BCUT2D eigenvalue weighted by atomic mass is 16.6. The lowest BCUT2D eigenvalue weighted by atomic mass is 10.1. The molecule has 2 rings (SSSR count). The van der Waals surface area contributed by atoms with Gasteiger partial charge in [-0.3, -0.25) is 0 Å². The first-order valence-electron chi connectivity index (χ1n) is 8.77. The molecule has 0 heterocycles. The minimum atomic E-state index is -0.941. The second-order valence-electron chi connectivity index (χ2n) is 5.92. The number of carbonyl (C=O) groups excluding carboxylic acids is 2. The third-order valence-corrected chi connectivity index (χ3v) is 3.89. The van der Waals surface area contributed by atoms with Crippen molar-refractivity contribution in [3.63, 3.8) is 0 Å². The number of hydrogen-bond acceptors (Lipinski definition) is 6. The number of benzene rings is 2. The first-order chi connectivity index (χ1) is 14.1. The molecular formula is C20H19N5O4. The molecule has 1 atom stereocenters. The zero-order valence-corrected chi connectivity index (χ0v) is 15.5. The molecule has 0 saturated carbocycles. The largest absolute Gasteiger partial charge is 0.449 e. The van der Waals surface area contributed by atoms with Crippen LogP contribution in [0.3, 0.4) is 0 Å². The summed E-state index contributed by atoms with van der Waals surface area (Å²) in [5, 5.41) is 14.5. The van der Waals surface area contributed by atoms with Gasteiger partial charge in [-0.05, 0) is 29.5 Å². The summed E-state index contributed by atoms with van der Waals surface area (Å²) < 4.78 is 9.97. The molecule has 1 amide bonds. The van der Waals surface area contributed by atoms with Gasteiger partial charge in [-0.1, -0.05) is 59.7 Å². The maximum absolute atomic E-state index is 12.1. The van der Waals surface area contributed by atoms with Gasteiger partial charge in [0.2, 0.25) is 0 Å². The molecule has 0 aromatic heterocycles. The van der Waals surface area contributed by atoms with Gasteiger partial charge in [-0.25, -0.2) is 9.59 Å². The number of hydrogen-bond donors (Lipinski definition) is 1. The van der Waals surface area contributed by atoms with Crippen LogP contribution in [0.1, 0.15) is 17.5 Å². The zero-order chi connectivity index (χ0) is 20.9. The molecule has 0 aliphatic heterocycles. The molecule has 0 aliphatic carbocycles. The Balaban J connectivity index is 1.91. The van der Waals surface area contributed by atoms with E-state index >= 15 is 0 Å². The summed E-state index contributed by atoms with van der Waals surface area (Å²) in [6, 6.07) is 16.8. The van der Waals surface area contributed by atoms with Gasteiger partial charge in [0, 0.05) is 10.6 Å². The lowest BCUT2D eigenvalue weighted by molar-refractivity contribution is -0.144. The van der Waals surface area contributed by atoms with E-state index in [-0.39, 0.29) is 6.61 Å². The highest BCUT2D eigenvalue weighted by Crippen LogP contribution is 2.14. The second-order valence-corrected chi connectivity index (χ2v) is 5.92. The lowest BCUT2D eigenvalue weighted by Gasteiger charge is -2.17. The van der Waals surface area contributed by atoms with E-state index in [1.807, 2.05) is 30.3 Å². The van der Waals surface area contributed by atoms with Crippen LogP contribution >= 0.6 is 0 Å². The second kappa shape index (κ2) is 11.6. The molecule has 0 spiro atoms. The van der Waals surface area contributed by atoms with Gasteiger partial charge in [0.25, 0.3) is 0 Å². The number of alkyl carbamates (subject to hydrolysis) is 1. The number of nitriles is 1. The number of carbonyl (C=O) groups is 2. The van der Waals surface area contributed by atoms with Crippen molar-refractivity contribution in [1.29, 1.82) is 5.26 Å². The zero-order valence-electron chi connectivity index (χ0n) is 15.5. The Kier molecular flexibility index (Phi) is 8.54. The molecule has 0 radical (unpaired) electrons. The number of amides is 1. The molecule has 9 heteroatoms. The monoisotopic (exact) mass is 393 g/mol. The summed E-state index contributed by atoms with van der Waals surface area (Å²) in [5.41, 5.74) is 10.5. The molecule has 1 N–H and O–H groups in total. The molecule has 2 aromatic rings. The van der Waals surface area contributed by atoms with Gasteiger partial charge in [0.15, 0.2) is 6.61 Å². The van der Waals surface area contributed by atoms with E-state index < -0.39 is 24.7 Å². The normalized spacial score (nSPS) is 10.7. The minimum absolute atomic E-state index is 0.0268. The van der Waals surface area contributed by atoms with E-state index in [1.54, 1.807) is 30.3 Å². The number of azide groups is 1. The Hall–Kier alpha value is -4.02. The third-order valence-electron chi connectivity index (χ3n) is 3.89. The molecule has 29 heavy (non-hydrogen) atoms. The van der Waals surface area contributed by atoms with Crippen LogP contribution in [0.4, 0.5) is 10.5 Å². The van der Waals surface area contributed by atoms with Crippen LogP contribution in [0.15, 0.2) is 59.7 Å². The topological polar surface area (TPSA) is 137 Å². The highest BCUT2D eigenvalue weighted by Gasteiger charge is 2.23.